The molecule has 3 heterocycles. The zero-order valence-corrected chi connectivity index (χ0v) is 19.7. The van der Waals surface area contributed by atoms with Crippen molar-refractivity contribution in [2.24, 2.45) is 0 Å². The van der Waals surface area contributed by atoms with Gasteiger partial charge in [-0.25, -0.2) is 14.8 Å². The number of aromatic nitrogens is 3. The first-order chi connectivity index (χ1) is 15.6. The number of hydrogen-bond acceptors (Lipinski definition) is 8. The molecule has 2 aromatic heterocycles. The number of rotatable bonds is 7. The second-order valence-corrected chi connectivity index (χ2v) is 8.53. The van der Waals surface area contributed by atoms with Crippen molar-refractivity contribution in [3.05, 3.63) is 27.2 Å². The molecule has 33 heavy (non-hydrogen) atoms. The zero-order chi connectivity index (χ0) is 24.3. The lowest BCUT2D eigenvalue weighted by atomic mass is 10.0. The van der Waals surface area contributed by atoms with Gasteiger partial charge in [0.25, 0.3) is 5.91 Å². The molecule has 182 valence electrons. The summed E-state index contributed by atoms with van der Waals surface area (Å²) in [5.41, 5.74) is -0.631. The summed E-state index contributed by atoms with van der Waals surface area (Å²) in [7, 11) is 1.44. The van der Waals surface area contributed by atoms with Crippen LogP contribution in [0, 0.1) is 0 Å². The van der Waals surface area contributed by atoms with E-state index in [-0.39, 0.29) is 35.8 Å². The maximum Gasteiger partial charge on any atom is 0.435 e. The Morgan fingerprint density at radius 1 is 1.33 bits per heavy atom. The van der Waals surface area contributed by atoms with Gasteiger partial charge < -0.3 is 24.7 Å². The lowest BCUT2D eigenvalue weighted by Crippen LogP contribution is -2.55. The van der Waals surface area contributed by atoms with Gasteiger partial charge in [0.2, 0.25) is 0 Å². The van der Waals surface area contributed by atoms with Gasteiger partial charge >= 0.3 is 12.1 Å². The number of anilines is 1. The molecule has 2 atom stereocenters. The highest BCUT2D eigenvalue weighted by molar-refractivity contribution is 7.17. The van der Waals surface area contributed by atoms with Gasteiger partial charge in [0.05, 0.1) is 24.4 Å². The molecule has 2 aromatic rings. The van der Waals surface area contributed by atoms with Crippen LogP contribution in [0.3, 0.4) is 0 Å². The number of carbonyl (C=O) groups excluding carboxylic acids is 2. The Bertz CT molecular complexity index is 1010. The van der Waals surface area contributed by atoms with Crippen molar-refractivity contribution in [3.8, 4) is 0 Å². The van der Waals surface area contributed by atoms with Gasteiger partial charge in [0.1, 0.15) is 4.88 Å². The Morgan fingerprint density at radius 3 is 2.64 bits per heavy atom. The van der Waals surface area contributed by atoms with E-state index in [2.05, 4.69) is 20.3 Å². The van der Waals surface area contributed by atoms with Crippen molar-refractivity contribution in [1.82, 2.24) is 20.3 Å². The van der Waals surface area contributed by atoms with Crippen LogP contribution >= 0.6 is 22.9 Å². The van der Waals surface area contributed by atoms with Crippen molar-refractivity contribution < 1.29 is 32.2 Å². The predicted octanol–water partition coefficient (Wildman–Crippen LogP) is 3.30. The number of esters is 1. The zero-order valence-electron chi connectivity index (χ0n) is 18.1. The third-order valence-electron chi connectivity index (χ3n) is 5.09. The molecule has 1 amide bonds. The summed E-state index contributed by atoms with van der Waals surface area (Å²) in [4.78, 5) is 36.2. The molecule has 1 aliphatic rings. The van der Waals surface area contributed by atoms with Crippen molar-refractivity contribution in [2.75, 3.05) is 31.7 Å². The Kier molecular flexibility index (Phi) is 7.85. The van der Waals surface area contributed by atoms with Crippen LogP contribution in [-0.2, 0) is 22.1 Å². The third kappa shape index (κ3) is 5.58. The van der Waals surface area contributed by atoms with Gasteiger partial charge in [-0.2, -0.15) is 13.2 Å². The first kappa shape index (κ1) is 25.2. The Balaban J connectivity index is 1.75. The van der Waals surface area contributed by atoms with Crippen molar-refractivity contribution in [1.29, 1.82) is 0 Å². The van der Waals surface area contributed by atoms with Gasteiger partial charge in [-0.15, -0.1) is 0 Å². The number of halogens is 4. The number of nitrogens with zero attached hydrogens (tertiary/aromatic N) is 3. The third-order valence-corrected chi connectivity index (χ3v) is 6.50. The van der Waals surface area contributed by atoms with Crippen molar-refractivity contribution in [3.63, 3.8) is 0 Å². The van der Waals surface area contributed by atoms with E-state index in [1.165, 1.54) is 14.0 Å². The number of H-pyrrole nitrogens is 1. The summed E-state index contributed by atoms with van der Waals surface area (Å²) in [5.74, 6) is -1.46. The van der Waals surface area contributed by atoms with Crippen LogP contribution in [0.15, 0.2) is 0 Å². The minimum Gasteiger partial charge on any atom is -0.462 e. The molecule has 0 aromatic carbocycles. The average Bonchev–Trinajstić information content (AvgIpc) is 3.38. The SMILES string of the molecule is CCOC(=O)c1sc(N2CC[C@H](NC(=O)c3nc(Cl)c(CC)[nH]3)[C@H](OC)C2)nc1C(F)(F)F. The van der Waals surface area contributed by atoms with Gasteiger partial charge in [0, 0.05) is 20.2 Å². The topological polar surface area (TPSA) is 109 Å². The molecular formula is C19H23ClF3N5O4S. The quantitative estimate of drug-likeness (QED) is 0.551. The molecule has 3 rings (SSSR count). The fourth-order valence-corrected chi connectivity index (χ4v) is 4.71. The van der Waals surface area contributed by atoms with Crippen LogP contribution in [-0.4, -0.2) is 65.8 Å². The first-order valence-corrected chi connectivity index (χ1v) is 11.4. The molecule has 0 unspecified atom stereocenters. The molecule has 0 saturated carbocycles. The van der Waals surface area contributed by atoms with E-state index in [1.54, 1.807) is 4.90 Å². The fourth-order valence-electron chi connectivity index (χ4n) is 3.43. The molecule has 2 N–H and O–H groups in total. The standard InChI is InChI=1S/C19H23ClF3N5O4S/c1-4-9-14(20)27-15(24-9)16(29)25-10-6-7-28(8-11(10)31-3)18-26-13(19(21,22)23)12(33-18)17(30)32-5-2/h10-11H,4-8H2,1-3H3,(H,24,27)(H,25,29)/t10-,11+/m0/s1. The Hall–Kier alpha value is -2.38. The maximum atomic E-state index is 13.4. The number of aryl methyl sites for hydroxylation is 1. The fraction of sp³-hybridized carbons (Fsp3) is 0.579. The van der Waals surface area contributed by atoms with E-state index in [1.807, 2.05) is 6.92 Å². The largest absolute Gasteiger partial charge is 0.462 e. The van der Waals surface area contributed by atoms with E-state index >= 15 is 0 Å². The number of aromatic amines is 1. The summed E-state index contributed by atoms with van der Waals surface area (Å²) in [6.07, 6.45) is -4.39. The van der Waals surface area contributed by atoms with Crippen LogP contribution in [0.25, 0.3) is 0 Å². The van der Waals surface area contributed by atoms with Crippen molar-refractivity contribution in [2.45, 2.75) is 45.0 Å². The smallest absolute Gasteiger partial charge is 0.435 e. The van der Waals surface area contributed by atoms with Crippen LogP contribution in [0.4, 0.5) is 18.3 Å². The van der Waals surface area contributed by atoms with E-state index in [9.17, 15) is 22.8 Å². The number of hydrogen-bond donors (Lipinski definition) is 2. The molecule has 14 heteroatoms. The van der Waals surface area contributed by atoms with Crippen LogP contribution in [0.2, 0.25) is 5.15 Å². The molecular weight excluding hydrogens is 487 g/mol. The Morgan fingerprint density at radius 2 is 2.06 bits per heavy atom. The number of carbonyl (C=O) groups is 2. The maximum absolute atomic E-state index is 13.4. The molecule has 1 fully saturated rings. The monoisotopic (exact) mass is 509 g/mol. The van der Waals surface area contributed by atoms with Crippen LogP contribution in [0.1, 0.15) is 51.9 Å². The van der Waals surface area contributed by atoms with E-state index in [4.69, 9.17) is 21.1 Å². The average molecular weight is 510 g/mol. The first-order valence-electron chi connectivity index (χ1n) is 10.2. The predicted molar refractivity (Wildman–Crippen MR) is 115 cm³/mol. The number of amides is 1. The summed E-state index contributed by atoms with van der Waals surface area (Å²) < 4.78 is 50.5. The molecule has 9 nitrogen and oxygen atoms in total. The van der Waals surface area contributed by atoms with Gasteiger partial charge in [0.15, 0.2) is 21.8 Å². The number of alkyl halides is 3. The summed E-state index contributed by atoms with van der Waals surface area (Å²) in [6, 6.07) is -0.417. The second kappa shape index (κ2) is 10.3. The highest BCUT2D eigenvalue weighted by atomic mass is 35.5. The highest BCUT2D eigenvalue weighted by Gasteiger charge is 2.42. The molecule has 0 radical (unpaired) electrons. The van der Waals surface area contributed by atoms with Gasteiger partial charge in [-0.3, -0.25) is 4.79 Å². The Labute approximate surface area is 196 Å². The number of nitrogens with one attached hydrogen (secondary N) is 2. The molecule has 1 saturated heterocycles. The number of imidazole rings is 1. The molecule has 1 aliphatic heterocycles. The molecule has 0 spiro atoms. The minimum absolute atomic E-state index is 0.0302. The molecule has 0 aliphatic carbocycles. The minimum atomic E-state index is -4.80. The van der Waals surface area contributed by atoms with E-state index in [0.717, 1.165) is 0 Å². The van der Waals surface area contributed by atoms with Crippen LogP contribution in [0.5, 0.6) is 0 Å². The normalized spacial score (nSPS) is 18.9. The lowest BCUT2D eigenvalue weighted by molar-refractivity contribution is -0.141. The van der Waals surface area contributed by atoms with E-state index in [0.29, 0.717) is 29.9 Å². The van der Waals surface area contributed by atoms with E-state index < -0.39 is 40.8 Å². The molecule has 0 bridgehead atoms. The lowest BCUT2D eigenvalue weighted by Gasteiger charge is -2.37. The van der Waals surface area contributed by atoms with Crippen LogP contribution < -0.4 is 10.2 Å². The van der Waals surface area contributed by atoms with Gasteiger partial charge in [-0.1, -0.05) is 29.9 Å². The summed E-state index contributed by atoms with van der Waals surface area (Å²) in [5, 5.41) is 3.09. The number of ether oxygens (including phenoxy) is 2. The number of thiazole rings is 1. The summed E-state index contributed by atoms with van der Waals surface area (Å²) in [6.45, 7) is 3.77. The summed E-state index contributed by atoms with van der Waals surface area (Å²) >= 11 is 6.61. The number of piperidine rings is 1. The number of methoxy groups -OCH3 is 1. The van der Waals surface area contributed by atoms with Gasteiger partial charge in [-0.05, 0) is 19.8 Å². The second-order valence-electron chi connectivity index (χ2n) is 7.19. The highest BCUT2D eigenvalue weighted by Crippen LogP contribution is 2.38. The van der Waals surface area contributed by atoms with Crippen molar-refractivity contribution >= 4 is 39.9 Å².